The predicted molar refractivity (Wildman–Crippen MR) is 81.3 cm³/mol. The number of benzene rings is 1. The molecule has 1 aliphatic carbocycles. The van der Waals surface area contributed by atoms with Gasteiger partial charge in [0.2, 0.25) is 0 Å². The van der Waals surface area contributed by atoms with Gasteiger partial charge in [0.1, 0.15) is 0 Å². The summed E-state index contributed by atoms with van der Waals surface area (Å²) in [4.78, 5) is 0. The molecule has 1 aliphatic rings. The lowest BCUT2D eigenvalue weighted by molar-refractivity contribution is 1.58. The van der Waals surface area contributed by atoms with Crippen LogP contribution in [0.5, 0.6) is 0 Å². The van der Waals surface area contributed by atoms with E-state index in [1.54, 1.807) is 21.5 Å². The molecule has 0 unspecified atom stereocenters. The van der Waals surface area contributed by atoms with Crippen molar-refractivity contribution in [3.8, 4) is 0 Å². The number of rotatable bonds is 2. The van der Waals surface area contributed by atoms with Gasteiger partial charge >= 0.3 is 0 Å². The fraction of sp³-hybridized carbons (Fsp3) is 0.429. The van der Waals surface area contributed by atoms with E-state index in [-0.39, 0.29) is 0 Å². The van der Waals surface area contributed by atoms with Gasteiger partial charge in [-0.15, -0.1) is 0 Å². The maximum Gasteiger partial charge on any atom is 0.0784 e. The number of hydrogen-bond acceptors (Lipinski definition) is 0. The maximum absolute atomic E-state index is 2.43. The molecule has 0 aliphatic heterocycles. The van der Waals surface area contributed by atoms with E-state index >= 15 is 0 Å². The van der Waals surface area contributed by atoms with Crippen LogP contribution in [-0.2, 0) is 0 Å². The highest BCUT2D eigenvalue weighted by molar-refractivity contribution is 6.91. The summed E-state index contributed by atoms with van der Waals surface area (Å²) >= 11 is 0. The Balaban J connectivity index is 2.58. The van der Waals surface area contributed by atoms with Crippen LogP contribution in [0.4, 0.5) is 0 Å². The van der Waals surface area contributed by atoms with E-state index in [2.05, 4.69) is 63.6 Å². The van der Waals surface area contributed by atoms with E-state index in [0.29, 0.717) is 0 Å². The SMILES string of the molecule is C[Si](C)(C)c1ccc([Si](C)(C)C)c2c1C=C2. The van der Waals surface area contributed by atoms with Gasteiger partial charge in [-0.1, -0.05) is 73.9 Å². The van der Waals surface area contributed by atoms with Crippen LogP contribution >= 0.6 is 0 Å². The van der Waals surface area contributed by atoms with Crippen molar-refractivity contribution in [1.29, 1.82) is 0 Å². The minimum Gasteiger partial charge on any atom is -0.0656 e. The standard InChI is InChI=1S/C14H22Si2/c1-15(2,3)13-9-10-14(16(4,5)6)12-8-7-11(12)13/h7-10H,1-6H3. The molecule has 2 rings (SSSR count). The van der Waals surface area contributed by atoms with Crippen molar-refractivity contribution in [2.75, 3.05) is 0 Å². The molecule has 2 heteroatoms. The second kappa shape index (κ2) is 3.44. The van der Waals surface area contributed by atoms with E-state index in [4.69, 9.17) is 0 Å². The summed E-state index contributed by atoms with van der Waals surface area (Å²) in [5, 5.41) is 3.26. The topological polar surface area (TPSA) is 0 Å². The summed E-state index contributed by atoms with van der Waals surface area (Å²) in [5.41, 5.74) is 3.11. The molecule has 1 aromatic carbocycles. The molecule has 86 valence electrons. The Labute approximate surface area is 101 Å². The zero-order valence-corrected chi connectivity index (χ0v) is 13.3. The molecule has 0 bridgehead atoms. The monoisotopic (exact) mass is 246 g/mol. The highest BCUT2D eigenvalue weighted by atomic mass is 28.3. The van der Waals surface area contributed by atoms with E-state index in [1.165, 1.54) is 0 Å². The quantitative estimate of drug-likeness (QED) is 0.714. The van der Waals surface area contributed by atoms with Gasteiger partial charge in [0.05, 0.1) is 16.1 Å². The van der Waals surface area contributed by atoms with Gasteiger partial charge in [-0.25, -0.2) is 0 Å². The van der Waals surface area contributed by atoms with Crippen molar-refractivity contribution in [2.45, 2.75) is 39.3 Å². The van der Waals surface area contributed by atoms with Crippen molar-refractivity contribution in [1.82, 2.24) is 0 Å². The van der Waals surface area contributed by atoms with Crippen LogP contribution in [0.3, 0.4) is 0 Å². The normalized spacial score (nSPS) is 14.6. The minimum atomic E-state index is -1.18. The van der Waals surface area contributed by atoms with Gasteiger partial charge < -0.3 is 0 Å². The fourth-order valence-corrected chi connectivity index (χ4v) is 5.59. The molecule has 0 fully saturated rings. The highest BCUT2D eigenvalue weighted by Gasteiger charge is 2.28. The Morgan fingerprint density at radius 3 is 1.12 bits per heavy atom. The lowest BCUT2D eigenvalue weighted by atomic mass is 9.98. The van der Waals surface area contributed by atoms with Crippen molar-refractivity contribution < 1.29 is 0 Å². The van der Waals surface area contributed by atoms with Crippen LogP contribution in [0.2, 0.25) is 39.3 Å². The zero-order chi connectivity index (χ0) is 12.1. The van der Waals surface area contributed by atoms with Crippen LogP contribution in [0.15, 0.2) is 12.1 Å². The van der Waals surface area contributed by atoms with Gasteiger partial charge in [-0.3, -0.25) is 0 Å². The summed E-state index contributed by atoms with van der Waals surface area (Å²) in [6, 6.07) is 4.81. The van der Waals surface area contributed by atoms with Gasteiger partial charge in [-0.2, -0.15) is 0 Å². The van der Waals surface area contributed by atoms with Crippen LogP contribution < -0.4 is 10.4 Å². The van der Waals surface area contributed by atoms with E-state index in [1.807, 2.05) is 0 Å². The molecule has 0 amide bonds. The van der Waals surface area contributed by atoms with E-state index in [0.717, 1.165) is 0 Å². The van der Waals surface area contributed by atoms with Crippen LogP contribution in [-0.4, -0.2) is 16.1 Å². The number of fused-ring (bicyclic) bond motifs is 1. The molecule has 0 saturated heterocycles. The molecule has 0 atom stereocenters. The Morgan fingerprint density at radius 1 is 0.625 bits per heavy atom. The summed E-state index contributed by atoms with van der Waals surface area (Å²) in [6.45, 7) is 14.6. The minimum absolute atomic E-state index is 1.18. The molecule has 0 aromatic heterocycles. The lowest BCUT2D eigenvalue weighted by Crippen LogP contribution is -2.46. The van der Waals surface area contributed by atoms with Crippen LogP contribution in [0.1, 0.15) is 11.1 Å². The lowest BCUT2D eigenvalue weighted by Gasteiger charge is -2.30. The van der Waals surface area contributed by atoms with Gasteiger partial charge in [-0.05, 0) is 11.1 Å². The number of hydrogen-bond donors (Lipinski definition) is 0. The molecule has 0 heterocycles. The third-order valence-electron chi connectivity index (χ3n) is 3.32. The highest BCUT2D eigenvalue weighted by Crippen LogP contribution is 2.24. The Hall–Kier alpha value is -0.606. The molecular formula is C14H22Si2. The second-order valence-corrected chi connectivity index (χ2v) is 16.9. The molecule has 0 nitrogen and oxygen atoms in total. The Morgan fingerprint density at radius 2 is 0.938 bits per heavy atom. The first-order chi connectivity index (χ1) is 7.21. The van der Waals surface area contributed by atoms with Crippen molar-refractivity contribution in [3.05, 3.63) is 23.3 Å². The van der Waals surface area contributed by atoms with Gasteiger partial charge in [0.25, 0.3) is 0 Å². The third kappa shape index (κ3) is 1.84. The Kier molecular flexibility index (Phi) is 2.55. The average molecular weight is 247 g/mol. The second-order valence-electron chi connectivity index (χ2n) is 6.82. The Bertz CT molecular complexity index is 414. The van der Waals surface area contributed by atoms with Crippen molar-refractivity contribution >= 4 is 38.7 Å². The fourth-order valence-electron chi connectivity index (χ4n) is 2.37. The summed E-state index contributed by atoms with van der Waals surface area (Å²) in [6.07, 6.45) is 4.62. The largest absolute Gasteiger partial charge is 0.0784 e. The molecule has 0 saturated carbocycles. The summed E-state index contributed by atoms with van der Waals surface area (Å²) < 4.78 is 0. The zero-order valence-electron chi connectivity index (χ0n) is 11.3. The maximum atomic E-state index is 2.43. The van der Waals surface area contributed by atoms with Crippen LogP contribution in [0.25, 0.3) is 12.2 Å². The average Bonchev–Trinajstić information content (AvgIpc) is 2.01. The van der Waals surface area contributed by atoms with E-state index in [9.17, 15) is 0 Å². The molecular weight excluding hydrogens is 224 g/mol. The van der Waals surface area contributed by atoms with Crippen LogP contribution in [0, 0.1) is 0 Å². The predicted octanol–water partition coefficient (Wildman–Crippen LogP) is 3.26. The first-order valence-corrected chi connectivity index (χ1v) is 13.1. The molecule has 16 heavy (non-hydrogen) atoms. The third-order valence-corrected chi connectivity index (χ3v) is 7.42. The molecule has 0 spiro atoms. The molecule has 0 N–H and O–H groups in total. The summed E-state index contributed by atoms with van der Waals surface area (Å²) in [5.74, 6) is 0. The van der Waals surface area contributed by atoms with Gasteiger partial charge in [0, 0.05) is 0 Å². The van der Waals surface area contributed by atoms with Crippen molar-refractivity contribution in [3.63, 3.8) is 0 Å². The first-order valence-electron chi connectivity index (χ1n) is 6.07. The molecule has 1 aromatic rings. The summed E-state index contributed by atoms with van der Waals surface area (Å²) in [7, 11) is -2.35. The van der Waals surface area contributed by atoms with E-state index < -0.39 is 16.1 Å². The smallest absolute Gasteiger partial charge is 0.0656 e. The van der Waals surface area contributed by atoms with Gasteiger partial charge in [0.15, 0.2) is 0 Å². The first kappa shape index (κ1) is 11.9. The van der Waals surface area contributed by atoms with Crippen molar-refractivity contribution in [2.24, 2.45) is 0 Å². The molecule has 0 radical (unpaired) electrons.